The maximum Gasteiger partial charge on any atom is 0.242 e. The van der Waals surface area contributed by atoms with Crippen LogP contribution >= 0.6 is 0 Å². The molecule has 1 heterocycles. The lowest BCUT2D eigenvalue weighted by atomic mass is 10.2. The SMILES string of the molecule is CC1NC(=O)[C@@H](C)NC1=O. The zero-order chi connectivity index (χ0) is 7.72. The molecule has 1 saturated heterocycles. The topological polar surface area (TPSA) is 58.2 Å². The van der Waals surface area contributed by atoms with Gasteiger partial charge in [-0.25, -0.2) is 0 Å². The van der Waals surface area contributed by atoms with Crippen LogP contribution in [0.15, 0.2) is 0 Å². The zero-order valence-electron chi connectivity index (χ0n) is 5.97. The van der Waals surface area contributed by atoms with Gasteiger partial charge in [-0.2, -0.15) is 0 Å². The summed E-state index contributed by atoms with van der Waals surface area (Å²) in [5.74, 6) is -0.237. The lowest BCUT2D eigenvalue weighted by Crippen LogP contribution is -2.59. The number of rotatable bonds is 0. The van der Waals surface area contributed by atoms with E-state index in [1.54, 1.807) is 13.8 Å². The number of carbonyl (C=O) groups excluding carboxylic acids is 2. The van der Waals surface area contributed by atoms with Gasteiger partial charge in [0.25, 0.3) is 0 Å². The van der Waals surface area contributed by atoms with E-state index in [9.17, 15) is 9.59 Å². The lowest BCUT2D eigenvalue weighted by molar-refractivity contribution is -0.135. The highest BCUT2D eigenvalue weighted by Gasteiger charge is 2.26. The van der Waals surface area contributed by atoms with Gasteiger partial charge in [-0.1, -0.05) is 0 Å². The highest BCUT2D eigenvalue weighted by molar-refractivity contribution is 5.96. The Kier molecular flexibility index (Phi) is 1.61. The first-order valence-electron chi connectivity index (χ1n) is 3.22. The predicted octanol–water partition coefficient (Wildman–Crippen LogP) is -0.991. The summed E-state index contributed by atoms with van der Waals surface area (Å²) in [6.07, 6.45) is 0. The summed E-state index contributed by atoms with van der Waals surface area (Å²) in [6.45, 7) is 3.30. The second-order valence-electron chi connectivity index (χ2n) is 2.46. The maximum absolute atomic E-state index is 10.8. The Hall–Kier alpha value is -1.06. The van der Waals surface area contributed by atoms with E-state index in [0.29, 0.717) is 0 Å². The van der Waals surface area contributed by atoms with Crippen LogP contribution in [0.2, 0.25) is 0 Å². The van der Waals surface area contributed by atoms with Gasteiger partial charge in [0.1, 0.15) is 12.1 Å². The van der Waals surface area contributed by atoms with Crippen molar-refractivity contribution in [1.82, 2.24) is 10.6 Å². The minimum atomic E-state index is -0.385. The molecular weight excluding hydrogens is 132 g/mol. The molecule has 4 heteroatoms. The molecule has 2 N–H and O–H groups in total. The monoisotopic (exact) mass is 142 g/mol. The summed E-state index contributed by atoms with van der Waals surface area (Å²) < 4.78 is 0. The molecule has 0 saturated carbocycles. The molecule has 0 aromatic carbocycles. The minimum Gasteiger partial charge on any atom is -0.343 e. The highest BCUT2D eigenvalue weighted by atomic mass is 16.2. The summed E-state index contributed by atoms with van der Waals surface area (Å²) >= 11 is 0. The Morgan fingerprint density at radius 3 is 1.60 bits per heavy atom. The van der Waals surface area contributed by atoms with E-state index in [1.807, 2.05) is 0 Å². The van der Waals surface area contributed by atoms with Crippen LogP contribution in [-0.2, 0) is 9.59 Å². The molecule has 1 fully saturated rings. The second kappa shape index (κ2) is 2.28. The van der Waals surface area contributed by atoms with Crippen LogP contribution in [-0.4, -0.2) is 23.9 Å². The quantitative estimate of drug-likeness (QED) is 0.456. The molecule has 1 aliphatic rings. The van der Waals surface area contributed by atoms with Gasteiger partial charge in [0.2, 0.25) is 11.8 Å². The molecule has 10 heavy (non-hydrogen) atoms. The first kappa shape index (κ1) is 7.05. The molecule has 0 aliphatic carbocycles. The van der Waals surface area contributed by atoms with Gasteiger partial charge in [0.15, 0.2) is 0 Å². The molecule has 0 radical (unpaired) electrons. The van der Waals surface area contributed by atoms with Gasteiger partial charge >= 0.3 is 0 Å². The van der Waals surface area contributed by atoms with Gasteiger partial charge in [-0.15, -0.1) is 0 Å². The van der Waals surface area contributed by atoms with Crippen molar-refractivity contribution < 1.29 is 9.59 Å². The molecule has 1 aliphatic heterocycles. The van der Waals surface area contributed by atoms with E-state index in [4.69, 9.17) is 0 Å². The molecule has 0 bridgehead atoms. The number of nitrogens with one attached hydrogen (secondary N) is 2. The number of hydrogen-bond acceptors (Lipinski definition) is 2. The van der Waals surface area contributed by atoms with Crippen molar-refractivity contribution in [3.05, 3.63) is 0 Å². The fourth-order valence-electron chi connectivity index (χ4n) is 0.808. The van der Waals surface area contributed by atoms with Crippen molar-refractivity contribution >= 4 is 11.8 Å². The maximum atomic E-state index is 10.8. The number of amides is 2. The van der Waals surface area contributed by atoms with Crippen molar-refractivity contribution in [3.63, 3.8) is 0 Å². The van der Waals surface area contributed by atoms with Crippen LogP contribution in [0.4, 0.5) is 0 Å². The number of carbonyl (C=O) groups is 2. The zero-order valence-corrected chi connectivity index (χ0v) is 5.97. The van der Waals surface area contributed by atoms with Crippen LogP contribution < -0.4 is 10.6 Å². The van der Waals surface area contributed by atoms with Gasteiger partial charge in [0.05, 0.1) is 0 Å². The fraction of sp³-hybridized carbons (Fsp3) is 0.667. The molecule has 1 unspecified atom stereocenters. The Labute approximate surface area is 59.0 Å². The van der Waals surface area contributed by atoms with E-state index in [0.717, 1.165) is 0 Å². The van der Waals surface area contributed by atoms with Crippen LogP contribution in [0, 0.1) is 0 Å². The third kappa shape index (κ3) is 1.10. The number of piperazine rings is 1. The Balaban J connectivity index is 2.63. The highest BCUT2D eigenvalue weighted by Crippen LogP contribution is 1.94. The number of hydrogen-bond donors (Lipinski definition) is 2. The second-order valence-corrected chi connectivity index (χ2v) is 2.46. The van der Waals surface area contributed by atoms with E-state index < -0.39 is 0 Å². The first-order chi connectivity index (χ1) is 4.61. The van der Waals surface area contributed by atoms with Gasteiger partial charge in [-0.3, -0.25) is 9.59 Å². The molecule has 0 spiro atoms. The molecule has 0 aromatic heterocycles. The molecular formula is C6H10N2O2. The van der Waals surface area contributed by atoms with Crippen molar-refractivity contribution in [3.8, 4) is 0 Å². The summed E-state index contributed by atoms with van der Waals surface area (Å²) in [4.78, 5) is 21.6. The van der Waals surface area contributed by atoms with E-state index in [-0.39, 0.29) is 23.9 Å². The molecule has 0 aromatic rings. The van der Waals surface area contributed by atoms with Crippen molar-refractivity contribution in [2.24, 2.45) is 0 Å². The fourth-order valence-corrected chi connectivity index (χ4v) is 0.808. The molecule has 1 rings (SSSR count). The van der Waals surface area contributed by atoms with E-state index >= 15 is 0 Å². The minimum absolute atomic E-state index is 0.118. The third-order valence-electron chi connectivity index (χ3n) is 1.50. The van der Waals surface area contributed by atoms with Crippen LogP contribution in [0.1, 0.15) is 13.8 Å². The van der Waals surface area contributed by atoms with Crippen molar-refractivity contribution in [1.29, 1.82) is 0 Å². The Morgan fingerprint density at radius 1 is 1.00 bits per heavy atom. The Bertz CT molecular complexity index is 159. The van der Waals surface area contributed by atoms with Gasteiger partial charge in [0, 0.05) is 0 Å². The van der Waals surface area contributed by atoms with Gasteiger partial charge < -0.3 is 10.6 Å². The third-order valence-corrected chi connectivity index (χ3v) is 1.50. The van der Waals surface area contributed by atoms with Crippen molar-refractivity contribution in [2.45, 2.75) is 25.9 Å². The first-order valence-corrected chi connectivity index (χ1v) is 3.22. The van der Waals surface area contributed by atoms with Gasteiger partial charge in [-0.05, 0) is 13.8 Å². The van der Waals surface area contributed by atoms with Crippen LogP contribution in [0.5, 0.6) is 0 Å². The Morgan fingerprint density at radius 2 is 1.30 bits per heavy atom. The largest absolute Gasteiger partial charge is 0.343 e. The summed E-state index contributed by atoms with van der Waals surface area (Å²) in [6, 6.07) is -0.771. The standard InChI is InChI=1S/C6H10N2O2/c1-3-5(9)8-4(2)6(10)7-3/h3-4H,1-2H3,(H,7,10)(H,8,9)/t3-,4?/m1/s1. The molecule has 2 atom stereocenters. The molecule has 2 amide bonds. The predicted molar refractivity (Wildman–Crippen MR) is 35.2 cm³/mol. The van der Waals surface area contributed by atoms with E-state index in [2.05, 4.69) is 10.6 Å². The molecule has 4 nitrogen and oxygen atoms in total. The lowest BCUT2D eigenvalue weighted by Gasteiger charge is -2.24. The smallest absolute Gasteiger partial charge is 0.242 e. The molecule has 56 valence electrons. The van der Waals surface area contributed by atoms with E-state index in [1.165, 1.54) is 0 Å². The van der Waals surface area contributed by atoms with Crippen LogP contribution in [0.25, 0.3) is 0 Å². The normalized spacial score (nSPS) is 33.0. The van der Waals surface area contributed by atoms with Crippen LogP contribution in [0.3, 0.4) is 0 Å². The van der Waals surface area contributed by atoms with Crippen molar-refractivity contribution in [2.75, 3.05) is 0 Å². The average molecular weight is 142 g/mol. The summed E-state index contributed by atoms with van der Waals surface area (Å²) in [5.41, 5.74) is 0. The average Bonchev–Trinajstić information content (AvgIpc) is 1.84. The summed E-state index contributed by atoms with van der Waals surface area (Å²) in [7, 11) is 0. The summed E-state index contributed by atoms with van der Waals surface area (Å²) in [5, 5.41) is 5.06.